The van der Waals surface area contributed by atoms with Crippen LogP contribution in [0.1, 0.15) is 32.9 Å². The van der Waals surface area contributed by atoms with Gasteiger partial charge in [-0.2, -0.15) is 0 Å². The fourth-order valence-corrected chi connectivity index (χ4v) is 4.55. The number of aryl methyl sites for hydroxylation is 3. The summed E-state index contributed by atoms with van der Waals surface area (Å²) in [6.07, 6.45) is 0. The lowest BCUT2D eigenvalue weighted by molar-refractivity contribution is -0.113. The molecule has 2 N–H and O–H groups in total. The number of hydrogen-bond donors (Lipinski definition) is 2. The molecule has 9 heteroatoms. The first-order chi connectivity index (χ1) is 17.8. The predicted molar refractivity (Wildman–Crippen MR) is 146 cm³/mol. The lowest BCUT2D eigenvalue weighted by atomic mass is 10.1. The first-order valence-electron chi connectivity index (χ1n) is 11.8. The van der Waals surface area contributed by atoms with Crippen LogP contribution < -0.4 is 15.4 Å². The summed E-state index contributed by atoms with van der Waals surface area (Å²) in [4.78, 5) is 25.4. The van der Waals surface area contributed by atoms with E-state index in [4.69, 9.17) is 4.74 Å². The van der Waals surface area contributed by atoms with Crippen molar-refractivity contribution in [3.05, 3.63) is 94.8 Å². The van der Waals surface area contributed by atoms with Crippen molar-refractivity contribution in [1.29, 1.82) is 0 Å². The molecule has 0 saturated carbocycles. The second kappa shape index (κ2) is 11.7. The van der Waals surface area contributed by atoms with Crippen molar-refractivity contribution in [1.82, 2.24) is 20.1 Å². The Morgan fingerprint density at radius 2 is 1.73 bits per heavy atom. The van der Waals surface area contributed by atoms with Gasteiger partial charge in [0, 0.05) is 11.3 Å². The Balaban J connectivity index is 1.54. The Morgan fingerprint density at radius 1 is 0.946 bits per heavy atom. The number of anilines is 1. The SMILES string of the molecule is COc1cccc(C(=O)NCc2nnc(SCC(=O)Nc3cccc(C)c3)n2-c2cc(C)ccc2C)c1. The third-order valence-corrected chi connectivity index (χ3v) is 6.61. The van der Waals surface area contributed by atoms with E-state index in [-0.39, 0.29) is 24.1 Å². The first-order valence-corrected chi connectivity index (χ1v) is 12.8. The van der Waals surface area contributed by atoms with Crippen LogP contribution in [0, 0.1) is 20.8 Å². The zero-order chi connectivity index (χ0) is 26.4. The van der Waals surface area contributed by atoms with Gasteiger partial charge in [-0.15, -0.1) is 10.2 Å². The summed E-state index contributed by atoms with van der Waals surface area (Å²) >= 11 is 1.29. The molecule has 0 fully saturated rings. The summed E-state index contributed by atoms with van der Waals surface area (Å²) in [7, 11) is 1.56. The summed E-state index contributed by atoms with van der Waals surface area (Å²) in [5.41, 5.74) is 5.31. The smallest absolute Gasteiger partial charge is 0.251 e. The fourth-order valence-electron chi connectivity index (χ4n) is 3.79. The van der Waals surface area contributed by atoms with Crippen molar-refractivity contribution in [2.45, 2.75) is 32.5 Å². The number of rotatable bonds is 9. The van der Waals surface area contributed by atoms with Gasteiger partial charge in [-0.25, -0.2) is 0 Å². The molecule has 0 bridgehead atoms. The molecule has 37 heavy (non-hydrogen) atoms. The highest BCUT2D eigenvalue weighted by Crippen LogP contribution is 2.26. The predicted octanol–water partition coefficient (Wildman–Crippen LogP) is 4.86. The molecule has 0 aliphatic rings. The van der Waals surface area contributed by atoms with Crippen molar-refractivity contribution < 1.29 is 14.3 Å². The maximum absolute atomic E-state index is 12.8. The van der Waals surface area contributed by atoms with E-state index in [2.05, 4.69) is 20.8 Å². The van der Waals surface area contributed by atoms with E-state index in [0.717, 1.165) is 28.1 Å². The van der Waals surface area contributed by atoms with Crippen LogP contribution in [0.5, 0.6) is 5.75 Å². The van der Waals surface area contributed by atoms with E-state index in [1.165, 1.54) is 11.8 Å². The molecule has 0 aliphatic carbocycles. The van der Waals surface area contributed by atoms with Crippen molar-refractivity contribution in [2.24, 2.45) is 0 Å². The normalized spacial score (nSPS) is 10.7. The summed E-state index contributed by atoms with van der Waals surface area (Å²) < 4.78 is 7.12. The third kappa shape index (κ3) is 6.56. The van der Waals surface area contributed by atoms with Crippen LogP contribution in [0.15, 0.2) is 71.9 Å². The summed E-state index contributed by atoms with van der Waals surface area (Å²) in [6.45, 7) is 6.16. The van der Waals surface area contributed by atoms with Crippen LogP contribution in [0.4, 0.5) is 5.69 Å². The van der Waals surface area contributed by atoms with Crippen LogP contribution in [0.2, 0.25) is 0 Å². The average Bonchev–Trinajstić information content (AvgIpc) is 3.30. The number of nitrogens with one attached hydrogen (secondary N) is 2. The van der Waals surface area contributed by atoms with Crippen LogP contribution in [-0.2, 0) is 11.3 Å². The Hall–Kier alpha value is -4.11. The van der Waals surface area contributed by atoms with E-state index >= 15 is 0 Å². The second-order valence-electron chi connectivity index (χ2n) is 8.65. The molecule has 0 radical (unpaired) electrons. The standard InChI is InChI=1S/C28H29N5O3S/c1-18-7-5-9-22(13-18)30-26(34)17-37-28-32-31-25(33(28)24-14-19(2)11-12-20(24)3)16-29-27(35)21-8-6-10-23(15-21)36-4/h5-15H,16-17H2,1-4H3,(H,29,35)(H,30,34). The summed E-state index contributed by atoms with van der Waals surface area (Å²) in [5, 5.41) is 15.1. The zero-order valence-corrected chi connectivity index (χ0v) is 22.1. The van der Waals surface area contributed by atoms with Gasteiger partial charge < -0.3 is 15.4 Å². The highest BCUT2D eigenvalue weighted by molar-refractivity contribution is 7.99. The molecule has 0 unspecified atom stereocenters. The van der Waals surface area contributed by atoms with Gasteiger partial charge >= 0.3 is 0 Å². The van der Waals surface area contributed by atoms with Crippen molar-refractivity contribution >= 4 is 29.3 Å². The van der Waals surface area contributed by atoms with Crippen molar-refractivity contribution in [3.63, 3.8) is 0 Å². The van der Waals surface area contributed by atoms with Gasteiger partial charge in [-0.3, -0.25) is 14.2 Å². The van der Waals surface area contributed by atoms with Crippen molar-refractivity contribution in [3.8, 4) is 11.4 Å². The molecule has 3 aromatic carbocycles. The van der Waals surface area contributed by atoms with Gasteiger partial charge in [-0.1, -0.05) is 42.1 Å². The number of ether oxygens (including phenoxy) is 1. The molecule has 4 aromatic rings. The van der Waals surface area contributed by atoms with E-state index in [1.54, 1.807) is 31.4 Å². The lowest BCUT2D eigenvalue weighted by Gasteiger charge is -2.14. The van der Waals surface area contributed by atoms with E-state index in [0.29, 0.717) is 22.3 Å². The minimum atomic E-state index is -0.249. The summed E-state index contributed by atoms with van der Waals surface area (Å²) in [6, 6.07) is 20.7. The monoisotopic (exact) mass is 515 g/mol. The van der Waals surface area contributed by atoms with Gasteiger partial charge in [0.1, 0.15) is 5.75 Å². The highest BCUT2D eigenvalue weighted by atomic mass is 32.2. The molecule has 8 nitrogen and oxygen atoms in total. The van der Waals surface area contributed by atoms with Gasteiger partial charge in [0.2, 0.25) is 5.91 Å². The number of amides is 2. The van der Waals surface area contributed by atoms with E-state index in [9.17, 15) is 9.59 Å². The molecule has 4 rings (SSSR count). The molecule has 0 atom stereocenters. The third-order valence-electron chi connectivity index (χ3n) is 5.68. The Kier molecular flexibility index (Phi) is 8.25. The number of hydrogen-bond acceptors (Lipinski definition) is 6. The minimum absolute atomic E-state index is 0.140. The first kappa shape index (κ1) is 26.0. The molecule has 0 saturated heterocycles. The quantitative estimate of drug-likeness (QED) is 0.309. The number of thioether (sulfide) groups is 1. The molecular formula is C28H29N5O3S. The lowest BCUT2D eigenvalue weighted by Crippen LogP contribution is -2.25. The minimum Gasteiger partial charge on any atom is -0.497 e. The fraction of sp³-hybridized carbons (Fsp3) is 0.214. The number of aromatic nitrogens is 3. The molecule has 0 aliphatic heterocycles. The zero-order valence-electron chi connectivity index (χ0n) is 21.2. The molecule has 2 amide bonds. The highest BCUT2D eigenvalue weighted by Gasteiger charge is 2.19. The number of carbonyl (C=O) groups excluding carboxylic acids is 2. The number of carbonyl (C=O) groups is 2. The average molecular weight is 516 g/mol. The molecular weight excluding hydrogens is 486 g/mol. The largest absolute Gasteiger partial charge is 0.497 e. The van der Waals surface area contributed by atoms with Gasteiger partial charge in [0.05, 0.1) is 25.1 Å². The van der Waals surface area contributed by atoms with Crippen LogP contribution >= 0.6 is 11.8 Å². The number of benzene rings is 3. The number of nitrogens with zero attached hydrogens (tertiary/aromatic N) is 3. The van der Waals surface area contributed by atoms with E-state index < -0.39 is 0 Å². The van der Waals surface area contributed by atoms with Crippen LogP contribution in [0.3, 0.4) is 0 Å². The van der Waals surface area contributed by atoms with Crippen molar-refractivity contribution in [2.75, 3.05) is 18.2 Å². The summed E-state index contributed by atoms with van der Waals surface area (Å²) in [5.74, 6) is 0.938. The van der Waals surface area contributed by atoms with Gasteiger partial charge in [-0.05, 0) is 73.9 Å². The topological polar surface area (TPSA) is 98.1 Å². The maximum Gasteiger partial charge on any atom is 0.251 e. The molecule has 0 spiro atoms. The van der Waals surface area contributed by atoms with Gasteiger partial charge in [0.25, 0.3) is 5.91 Å². The Morgan fingerprint density at radius 3 is 2.51 bits per heavy atom. The molecule has 1 aromatic heterocycles. The maximum atomic E-state index is 12.8. The molecule has 1 heterocycles. The van der Waals surface area contributed by atoms with Crippen LogP contribution in [0.25, 0.3) is 5.69 Å². The van der Waals surface area contributed by atoms with Crippen LogP contribution in [-0.4, -0.2) is 39.4 Å². The number of methoxy groups -OCH3 is 1. The second-order valence-corrected chi connectivity index (χ2v) is 9.59. The Bertz CT molecular complexity index is 1430. The molecule has 190 valence electrons. The van der Waals surface area contributed by atoms with Gasteiger partial charge in [0.15, 0.2) is 11.0 Å². The Labute approximate surface area is 220 Å². The van der Waals surface area contributed by atoms with E-state index in [1.807, 2.05) is 67.8 Å².